The number of halogens is 2. The topological polar surface area (TPSA) is 55.3 Å². The van der Waals surface area contributed by atoms with Gasteiger partial charge >= 0.3 is 0 Å². The van der Waals surface area contributed by atoms with Crippen LogP contribution in [0.5, 0.6) is 17.2 Å². The number of nitrogens with zero attached hydrogens (tertiary/aromatic N) is 2. The minimum absolute atomic E-state index is 0. The van der Waals surface area contributed by atoms with Gasteiger partial charge in [0.15, 0.2) is 17.5 Å². The van der Waals surface area contributed by atoms with Gasteiger partial charge < -0.3 is 24.4 Å². The lowest BCUT2D eigenvalue weighted by molar-refractivity contribution is 0.322. The maximum atomic E-state index is 5.95. The van der Waals surface area contributed by atoms with Crippen molar-refractivity contribution in [3.63, 3.8) is 0 Å². The summed E-state index contributed by atoms with van der Waals surface area (Å²) in [5.41, 5.74) is 2.19. The molecule has 0 bridgehead atoms. The molecule has 6 nitrogen and oxygen atoms in total. The van der Waals surface area contributed by atoms with Crippen LogP contribution in [0.15, 0.2) is 41.4 Å². The normalized spacial score (nSPS) is 10.8. The number of methoxy groups -OCH3 is 3. The van der Waals surface area contributed by atoms with E-state index in [0.717, 1.165) is 35.1 Å². The Hall–Kier alpha value is -1.87. The lowest BCUT2D eigenvalue weighted by Crippen LogP contribution is -2.39. The van der Waals surface area contributed by atoms with E-state index in [1.165, 1.54) is 0 Å². The van der Waals surface area contributed by atoms with E-state index < -0.39 is 0 Å². The van der Waals surface area contributed by atoms with Crippen LogP contribution < -0.4 is 19.5 Å². The van der Waals surface area contributed by atoms with Gasteiger partial charge in [-0.2, -0.15) is 0 Å². The highest BCUT2D eigenvalue weighted by molar-refractivity contribution is 14.0. The van der Waals surface area contributed by atoms with Crippen LogP contribution in [-0.4, -0.2) is 52.8 Å². The fraction of sp³-hybridized carbons (Fsp3) is 0.381. The van der Waals surface area contributed by atoms with Crippen LogP contribution in [0, 0.1) is 0 Å². The average Bonchev–Trinajstić information content (AvgIpc) is 2.71. The van der Waals surface area contributed by atoms with Crippen LogP contribution >= 0.6 is 35.6 Å². The third-order valence-corrected chi connectivity index (χ3v) is 4.62. The van der Waals surface area contributed by atoms with E-state index in [4.69, 9.17) is 25.8 Å². The van der Waals surface area contributed by atoms with Crippen LogP contribution in [0.25, 0.3) is 0 Å². The average molecular weight is 534 g/mol. The van der Waals surface area contributed by atoms with Crippen molar-refractivity contribution in [2.45, 2.75) is 13.0 Å². The van der Waals surface area contributed by atoms with Crippen molar-refractivity contribution >= 4 is 41.5 Å². The molecule has 0 saturated heterocycles. The highest BCUT2D eigenvalue weighted by Crippen LogP contribution is 2.39. The fourth-order valence-electron chi connectivity index (χ4n) is 2.99. The molecular weight excluding hydrogens is 505 g/mol. The second-order valence-electron chi connectivity index (χ2n) is 6.20. The van der Waals surface area contributed by atoms with E-state index in [0.29, 0.717) is 23.8 Å². The van der Waals surface area contributed by atoms with Gasteiger partial charge in [0, 0.05) is 37.8 Å². The molecule has 0 saturated carbocycles. The Labute approximate surface area is 195 Å². The van der Waals surface area contributed by atoms with Gasteiger partial charge in [-0.3, -0.25) is 4.99 Å². The Kier molecular flexibility index (Phi) is 11.0. The first kappa shape index (κ1) is 25.2. The van der Waals surface area contributed by atoms with Crippen LogP contribution in [0.3, 0.4) is 0 Å². The van der Waals surface area contributed by atoms with E-state index in [-0.39, 0.29) is 24.0 Å². The summed E-state index contributed by atoms with van der Waals surface area (Å²) in [6, 6.07) is 11.7. The number of aliphatic imine (C=N–C) groups is 1. The summed E-state index contributed by atoms with van der Waals surface area (Å²) in [6.45, 7) is 1.43. The van der Waals surface area contributed by atoms with Gasteiger partial charge in [0.2, 0.25) is 5.75 Å². The third-order valence-electron chi connectivity index (χ3n) is 4.37. The highest BCUT2D eigenvalue weighted by atomic mass is 127. The Morgan fingerprint density at radius 2 is 1.66 bits per heavy atom. The smallest absolute Gasteiger partial charge is 0.203 e. The van der Waals surface area contributed by atoms with Crippen molar-refractivity contribution < 1.29 is 14.2 Å². The van der Waals surface area contributed by atoms with Crippen molar-refractivity contribution in [1.29, 1.82) is 0 Å². The van der Waals surface area contributed by atoms with Crippen LogP contribution in [0.4, 0.5) is 0 Å². The number of guanidine groups is 1. The first-order valence-corrected chi connectivity index (χ1v) is 9.35. The molecule has 0 aliphatic rings. The zero-order valence-electron chi connectivity index (χ0n) is 17.5. The van der Waals surface area contributed by atoms with Crippen molar-refractivity contribution in [2.75, 3.05) is 42.0 Å². The van der Waals surface area contributed by atoms with Gasteiger partial charge in [-0.15, -0.1) is 24.0 Å². The number of hydrogen-bond acceptors (Lipinski definition) is 4. The summed E-state index contributed by atoms with van der Waals surface area (Å²) in [4.78, 5) is 6.43. The maximum absolute atomic E-state index is 5.95. The fourth-order valence-corrected chi connectivity index (χ4v) is 3.12. The number of benzene rings is 2. The van der Waals surface area contributed by atoms with E-state index in [1.54, 1.807) is 28.4 Å². The predicted molar refractivity (Wildman–Crippen MR) is 129 cm³/mol. The third kappa shape index (κ3) is 6.85. The van der Waals surface area contributed by atoms with Gasteiger partial charge in [-0.05, 0) is 30.2 Å². The molecule has 0 radical (unpaired) electrons. The summed E-state index contributed by atoms with van der Waals surface area (Å²) in [5.74, 6) is 2.75. The van der Waals surface area contributed by atoms with Gasteiger partial charge in [-0.1, -0.05) is 29.8 Å². The molecule has 8 heteroatoms. The maximum Gasteiger partial charge on any atom is 0.203 e. The Morgan fingerprint density at radius 3 is 2.21 bits per heavy atom. The predicted octanol–water partition coefficient (Wildman–Crippen LogP) is 4.23. The molecule has 0 unspecified atom stereocenters. The molecule has 1 N–H and O–H groups in total. The van der Waals surface area contributed by atoms with Gasteiger partial charge in [0.25, 0.3) is 0 Å². The summed E-state index contributed by atoms with van der Waals surface area (Å²) in [7, 11) is 8.63. The zero-order valence-corrected chi connectivity index (χ0v) is 20.6. The van der Waals surface area contributed by atoms with Gasteiger partial charge in [0.1, 0.15) is 0 Å². The van der Waals surface area contributed by atoms with Crippen LogP contribution in [0.2, 0.25) is 5.02 Å². The Morgan fingerprint density at radius 1 is 1.00 bits per heavy atom. The van der Waals surface area contributed by atoms with Crippen molar-refractivity contribution in [3.8, 4) is 17.2 Å². The molecule has 0 aliphatic heterocycles. The first-order valence-electron chi connectivity index (χ1n) is 8.98. The molecule has 0 spiro atoms. The monoisotopic (exact) mass is 533 g/mol. The molecule has 2 rings (SSSR count). The molecule has 160 valence electrons. The van der Waals surface area contributed by atoms with Crippen molar-refractivity contribution in [2.24, 2.45) is 4.99 Å². The SMILES string of the molecule is CN=C(NCCc1ccc(OC)c(OC)c1OC)N(C)Cc1ccc(Cl)cc1.I. The minimum Gasteiger partial charge on any atom is -0.493 e. The lowest BCUT2D eigenvalue weighted by Gasteiger charge is -2.22. The molecule has 0 aliphatic carbocycles. The van der Waals surface area contributed by atoms with Gasteiger partial charge in [-0.25, -0.2) is 0 Å². The summed E-state index contributed by atoms with van der Waals surface area (Å²) < 4.78 is 16.3. The first-order chi connectivity index (χ1) is 13.5. The molecule has 0 heterocycles. The van der Waals surface area contributed by atoms with Crippen molar-refractivity contribution in [3.05, 3.63) is 52.5 Å². The van der Waals surface area contributed by atoms with Crippen LogP contribution in [0.1, 0.15) is 11.1 Å². The van der Waals surface area contributed by atoms with E-state index in [2.05, 4.69) is 15.2 Å². The number of rotatable bonds is 8. The number of hydrogen-bond donors (Lipinski definition) is 1. The molecule has 0 atom stereocenters. The number of ether oxygens (including phenoxy) is 3. The second-order valence-corrected chi connectivity index (χ2v) is 6.64. The summed E-state index contributed by atoms with van der Waals surface area (Å²) in [6.07, 6.45) is 0.747. The van der Waals surface area contributed by atoms with Crippen molar-refractivity contribution in [1.82, 2.24) is 10.2 Å². The quantitative estimate of drug-likeness (QED) is 0.313. The van der Waals surface area contributed by atoms with E-state index >= 15 is 0 Å². The molecule has 0 amide bonds. The van der Waals surface area contributed by atoms with E-state index in [1.807, 2.05) is 43.4 Å². The van der Waals surface area contributed by atoms with E-state index in [9.17, 15) is 0 Å². The zero-order chi connectivity index (χ0) is 20.5. The summed E-state index contributed by atoms with van der Waals surface area (Å²) >= 11 is 5.95. The standard InChI is InChI=1S/C21H28ClN3O3.HI/c1-23-21(25(2)14-15-6-9-17(22)10-7-15)24-13-12-16-8-11-18(26-3)20(28-5)19(16)27-4;/h6-11H,12-14H2,1-5H3,(H,23,24);1H. The molecular formula is C21H29ClIN3O3. The minimum atomic E-state index is 0. The highest BCUT2D eigenvalue weighted by Gasteiger charge is 2.16. The van der Waals surface area contributed by atoms with Gasteiger partial charge in [0.05, 0.1) is 21.3 Å². The second kappa shape index (κ2) is 12.6. The molecule has 2 aromatic carbocycles. The van der Waals surface area contributed by atoms with Crippen LogP contribution in [-0.2, 0) is 13.0 Å². The Bertz CT molecular complexity index is 801. The molecule has 29 heavy (non-hydrogen) atoms. The lowest BCUT2D eigenvalue weighted by atomic mass is 10.1. The summed E-state index contributed by atoms with van der Waals surface area (Å²) in [5, 5.41) is 4.12. The molecule has 0 aromatic heterocycles. The Balaban J connectivity index is 0.00000420. The molecule has 0 fully saturated rings. The number of nitrogens with one attached hydrogen (secondary N) is 1. The molecule has 2 aromatic rings. The largest absolute Gasteiger partial charge is 0.493 e.